The molecule has 0 aliphatic rings. The van der Waals surface area contributed by atoms with Crippen molar-refractivity contribution in [3.8, 4) is 0 Å². The fraction of sp³-hybridized carbons (Fsp3) is 0.364. The summed E-state index contributed by atoms with van der Waals surface area (Å²) in [4.78, 5) is 8.46. The number of hydrogen-bond donors (Lipinski definition) is 1. The Morgan fingerprint density at radius 1 is 1.44 bits per heavy atom. The average molecular weight is 234 g/mol. The van der Waals surface area contributed by atoms with Crippen molar-refractivity contribution in [2.45, 2.75) is 26.3 Å². The Morgan fingerprint density at radius 3 is 2.94 bits per heavy atom. The molecular weight excluding hydrogens is 220 g/mol. The Labute approximate surface area is 98.9 Å². The Kier molecular flexibility index (Phi) is 3.46. The van der Waals surface area contributed by atoms with Crippen LogP contribution in [0.15, 0.2) is 24.5 Å². The van der Waals surface area contributed by atoms with Gasteiger partial charge < -0.3 is 5.32 Å². The van der Waals surface area contributed by atoms with E-state index in [1.54, 1.807) is 6.20 Å². The molecule has 0 unspecified atom stereocenters. The van der Waals surface area contributed by atoms with E-state index >= 15 is 0 Å². The molecule has 0 spiro atoms. The zero-order valence-electron chi connectivity index (χ0n) is 9.34. The minimum Gasteiger partial charge on any atom is -0.356 e. The summed E-state index contributed by atoms with van der Waals surface area (Å²) in [6.45, 7) is 4.92. The van der Waals surface area contributed by atoms with Crippen LogP contribution in [0, 0.1) is 0 Å². The van der Waals surface area contributed by atoms with Crippen molar-refractivity contribution >= 4 is 16.7 Å². The number of pyridine rings is 1. The van der Waals surface area contributed by atoms with Crippen LogP contribution in [0.5, 0.6) is 0 Å². The lowest BCUT2D eigenvalue weighted by Crippen LogP contribution is -1.99. The molecule has 0 saturated heterocycles. The van der Waals surface area contributed by atoms with E-state index in [0.717, 1.165) is 23.1 Å². The first-order valence-electron chi connectivity index (χ1n) is 5.22. The van der Waals surface area contributed by atoms with Crippen molar-refractivity contribution in [1.29, 1.82) is 0 Å². The fourth-order valence-electron chi connectivity index (χ4n) is 1.22. The lowest BCUT2D eigenvalue weighted by atomic mass is 10.2. The Bertz CT molecular complexity index is 438. The molecule has 0 amide bonds. The second-order valence-corrected chi connectivity index (χ2v) is 4.58. The summed E-state index contributed by atoms with van der Waals surface area (Å²) >= 11 is 1.40. The van der Waals surface area contributed by atoms with Gasteiger partial charge in [-0.2, -0.15) is 4.37 Å². The van der Waals surface area contributed by atoms with Crippen LogP contribution >= 0.6 is 11.5 Å². The van der Waals surface area contributed by atoms with Gasteiger partial charge in [0.1, 0.15) is 5.82 Å². The highest BCUT2D eigenvalue weighted by molar-refractivity contribution is 7.09. The molecule has 2 heterocycles. The van der Waals surface area contributed by atoms with E-state index in [1.165, 1.54) is 11.5 Å². The summed E-state index contributed by atoms with van der Waals surface area (Å²) in [5, 5.41) is 4.11. The molecule has 0 aliphatic carbocycles. The third-order valence-corrected chi connectivity index (χ3v) is 2.81. The van der Waals surface area contributed by atoms with Gasteiger partial charge in [-0.05, 0) is 11.6 Å². The molecule has 0 fully saturated rings. The summed E-state index contributed by atoms with van der Waals surface area (Å²) in [5.41, 5.74) is 1.14. The molecule has 0 saturated carbocycles. The number of nitrogens with zero attached hydrogens (tertiary/aromatic N) is 3. The van der Waals surface area contributed by atoms with Crippen molar-refractivity contribution in [1.82, 2.24) is 14.3 Å². The average Bonchev–Trinajstić information content (AvgIpc) is 2.76. The van der Waals surface area contributed by atoms with E-state index in [2.05, 4.69) is 33.5 Å². The van der Waals surface area contributed by atoms with E-state index in [-0.39, 0.29) is 0 Å². The van der Waals surface area contributed by atoms with Gasteiger partial charge in [0, 0.05) is 36.4 Å². The predicted octanol–water partition coefficient (Wildman–Crippen LogP) is 2.67. The molecule has 4 nitrogen and oxygen atoms in total. The number of anilines is 1. The second kappa shape index (κ2) is 5.03. The van der Waals surface area contributed by atoms with Gasteiger partial charge in [0.05, 0.1) is 0 Å². The maximum Gasteiger partial charge on any atom is 0.202 e. The van der Waals surface area contributed by atoms with Crippen LogP contribution in [0.4, 0.5) is 5.13 Å². The third-order valence-electron chi connectivity index (χ3n) is 2.12. The maximum absolute atomic E-state index is 4.40. The van der Waals surface area contributed by atoms with Crippen LogP contribution in [0.3, 0.4) is 0 Å². The predicted molar refractivity (Wildman–Crippen MR) is 65.6 cm³/mol. The molecule has 2 rings (SSSR count). The normalized spacial score (nSPS) is 10.7. The van der Waals surface area contributed by atoms with Crippen molar-refractivity contribution in [2.24, 2.45) is 0 Å². The molecule has 84 valence electrons. The Hall–Kier alpha value is -1.49. The second-order valence-electron chi connectivity index (χ2n) is 3.83. The van der Waals surface area contributed by atoms with E-state index < -0.39 is 0 Å². The lowest BCUT2D eigenvalue weighted by Gasteiger charge is -2.01. The van der Waals surface area contributed by atoms with Gasteiger partial charge >= 0.3 is 0 Å². The summed E-state index contributed by atoms with van der Waals surface area (Å²) in [7, 11) is 0. The van der Waals surface area contributed by atoms with Crippen molar-refractivity contribution in [3.05, 3.63) is 35.9 Å². The van der Waals surface area contributed by atoms with Crippen LogP contribution in [-0.2, 0) is 6.54 Å². The highest BCUT2D eigenvalue weighted by atomic mass is 32.1. The van der Waals surface area contributed by atoms with Crippen molar-refractivity contribution < 1.29 is 0 Å². The first kappa shape index (κ1) is 11.0. The molecule has 16 heavy (non-hydrogen) atoms. The minimum absolute atomic E-state index is 0.380. The highest BCUT2D eigenvalue weighted by Crippen LogP contribution is 2.17. The molecule has 0 atom stereocenters. The number of rotatable bonds is 4. The summed E-state index contributed by atoms with van der Waals surface area (Å²) in [6, 6.07) is 3.96. The molecule has 0 bridgehead atoms. The van der Waals surface area contributed by atoms with Crippen molar-refractivity contribution in [3.63, 3.8) is 0 Å². The van der Waals surface area contributed by atoms with Gasteiger partial charge in [-0.1, -0.05) is 19.9 Å². The monoisotopic (exact) mass is 234 g/mol. The zero-order valence-corrected chi connectivity index (χ0v) is 10.2. The molecular formula is C11H14N4S. The van der Waals surface area contributed by atoms with Gasteiger partial charge in [-0.25, -0.2) is 4.98 Å². The quantitative estimate of drug-likeness (QED) is 0.883. The van der Waals surface area contributed by atoms with E-state index in [0.29, 0.717) is 5.92 Å². The van der Waals surface area contributed by atoms with E-state index in [4.69, 9.17) is 0 Å². The molecule has 1 N–H and O–H groups in total. The van der Waals surface area contributed by atoms with Crippen LogP contribution in [0.2, 0.25) is 0 Å². The van der Waals surface area contributed by atoms with Gasteiger partial charge in [-0.15, -0.1) is 0 Å². The molecule has 5 heteroatoms. The number of nitrogens with one attached hydrogen (secondary N) is 1. The maximum atomic E-state index is 4.40. The summed E-state index contributed by atoms with van der Waals surface area (Å²) < 4.78 is 4.28. The summed E-state index contributed by atoms with van der Waals surface area (Å²) in [6.07, 6.45) is 3.61. The minimum atomic E-state index is 0.380. The zero-order chi connectivity index (χ0) is 11.4. The van der Waals surface area contributed by atoms with Crippen LogP contribution < -0.4 is 5.32 Å². The standard InChI is InChI=1S/C11H14N4S/c1-8(2)10-14-11(16-15-10)13-7-9-4-3-5-12-6-9/h3-6,8H,7H2,1-2H3,(H,13,14,15). The van der Waals surface area contributed by atoms with Crippen LogP contribution in [0.25, 0.3) is 0 Å². The first-order chi connectivity index (χ1) is 7.75. The largest absolute Gasteiger partial charge is 0.356 e. The Morgan fingerprint density at radius 2 is 2.31 bits per heavy atom. The van der Waals surface area contributed by atoms with Crippen molar-refractivity contribution in [2.75, 3.05) is 5.32 Å². The third kappa shape index (κ3) is 2.76. The molecule has 2 aromatic heterocycles. The topological polar surface area (TPSA) is 50.7 Å². The molecule has 0 radical (unpaired) electrons. The highest BCUT2D eigenvalue weighted by Gasteiger charge is 2.06. The van der Waals surface area contributed by atoms with Gasteiger partial charge in [0.15, 0.2) is 0 Å². The van der Waals surface area contributed by atoms with E-state index in [9.17, 15) is 0 Å². The fourth-order valence-corrected chi connectivity index (χ4v) is 1.92. The summed E-state index contributed by atoms with van der Waals surface area (Å²) in [5.74, 6) is 1.28. The SMILES string of the molecule is CC(C)c1nsc(NCc2cccnc2)n1. The number of hydrogen-bond acceptors (Lipinski definition) is 5. The molecule has 0 aromatic carbocycles. The lowest BCUT2D eigenvalue weighted by molar-refractivity contribution is 0.799. The Balaban J connectivity index is 1.95. The molecule has 2 aromatic rings. The smallest absolute Gasteiger partial charge is 0.202 e. The van der Waals surface area contributed by atoms with Crippen LogP contribution in [-0.4, -0.2) is 14.3 Å². The van der Waals surface area contributed by atoms with Gasteiger partial charge in [0.2, 0.25) is 5.13 Å². The first-order valence-corrected chi connectivity index (χ1v) is 5.99. The van der Waals surface area contributed by atoms with Gasteiger partial charge in [0.25, 0.3) is 0 Å². The number of aromatic nitrogens is 3. The van der Waals surface area contributed by atoms with Crippen LogP contribution in [0.1, 0.15) is 31.2 Å². The van der Waals surface area contributed by atoms with Gasteiger partial charge in [-0.3, -0.25) is 4.98 Å². The van der Waals surface area contributed by atoms with E-state index in [1.807, 2.05) is 18.3 Å². The molecule has 0 aliphatic heterocycles.